The molecular formula is C12H21N5O3S. The Balaban J connectivity index is 2.25. The fraction of sp³-hybridized carbons (Fsp3) is 0.750. The zero-order valence-electron chi connectivity index (χ0n) is 12.7. The lowest BCUT2D eigenvalue weighted by Crippen LogP contribution is -2.34. The predicted octanol–water partition coefficient (Wildman–Crippen LogP) is 0.324. The SMILES string of the molecule is CNc1nc(OC(C)C)nc(N(C)C2CCS(=O)(=O)C2)n1. The van der Waals surface area contributed by atoms with Crippen LogP contribution in [0.4, 0.5) is 11.9 Å². The van der Waals surface area contributed by atoms with Gasteiger partial charge >= 0.3 is 6.01 Å². The number of anilines is 2. The van der Waals surface area contributed by atoms with Crippen molar-refractivity contribution in [2.75, 3.05) is 35.8 Å². The number of nitrogens with zero attached hydrogens (tertiary/aromatic N) is 4. The molecule has 1 atom stereocenters. The van der Waals surface area contributed by atoms with Gasteiger partial charge in [0.05, 0.1) is 17.6 Å². The average Bonchev–Trinajstić information content (AvgIpc) is 2.77. The van der Waals surface area contributed by atoms with Gasteiger partial charge in [0.25, 0.3) is 0 Å². The molecule has 1 aromatic rings. The van der Waals surface area contributed by atoms with Gasteiger partial charge in [-0.1, -0.05) is 0 Å². The minimum Gasteiger partial charge on any atom is -0.461 e. The summed E-state index contributed by atoms with van der Waals surface area (Å²) >= 11 is 0. The molecule has 8 nitrogen and oxygen atoms in total. The number of rotatable bonds is 5. The van der Waals surface area contributed by atoms with E-state index in [1.54, 1.807) is 19.0 Å². The first-order valence-corrected chi connectivity index (χ1v) is 8.66. The Hall–Kier alpha value is -1.64. The van der Waals surface area contributed by atoms with E-state index in [1.165, 1.54) is 0 Å². The fourth-order valence-corrected chi connectivity index (χ4v) is 3.90. The van der Waals surface area contributed by atoms with Gasteiger partial charge in [-0.2, -0.15) is 15.0 Å². The molecule has 1 unspecified atom stereocenters. The average molecular weight is 315 g/mol. The van der Waals surface area contributed by atoms with E-state index in [0.717, 1.165) is 0 Å². The van der Waals surface area contributed by atoms with E-state index < -0.39 is 9.84 Å². The van der Waals surface area contributed by atoms with Crippen LogP contribution in [0.25, 0.3) is 0 Å². The molecule has 2 heterocycles. The summed E-state index contributed by atoms with van der Waals surface area (Å²) in [5, 5.41) is 2.86. The third kappa shape index (κ3) is 3.93. The molecule has 1 aliphatic rings. The van der Waals surface area contributed by atoms with Gasteiger partial charge in [0.2, 0.25) is 11.9 Å². The Morgan fingerprint density at radius 1 is 1.33 bits per heavy atom. The predicted molar refractivity (Wildman–Crippen MR) is 80.6 cm³/mol. The van der Waals surface area contributed by atoms with Crippen molar-refractivity contribution in [3.8, 4) is 6.01 Å². The third-order valence-corrected chi connectivity index (χ3v) is 4.99. The van der Waals surface area contributed by atoms with Crippen molar-refractivity contribution in [2.24, 2.45) is 0 Å². The van der Waals surface area contributed by atoms with Crippen LogP contribution in [0, 0.1) is 0 Å². The minimum absolute atomic E-state index is 0.0536. The standard InChI is InChI=1S/C12H21N5O3S/c1-8(2)20-12-15-10(13-3)14-11(16-12)17(4)9-5-6-21(18,19)7-9/h8-9H,5-7H2,1-4H3,(H,13,14,15,16). The zero-order chi connectivity index (χ0) is 15.6. The zero-order valence-corrected chi connectivity index (χ0v) is 13.5. The molecule has 1 aromatic heterocycles. The summed E-state index contributed by atoms with van der Waals surface area (Å²) in [6.07, 6.45) is 0.530. The first kappa shape index (κ1) is 15.7. The van der Waals surface area contributed by atoms with Gasteiger partial charge in [-0.05, 0) is 20.3 Å². The molecule has 1 saturated heterocycles. The Morgan fingerprint density at radius 2 is 2.05 bits per heavy atom. The van der Waals surface area contributed by atoms with Crippen LogP contribution in [0.5, 0.6) is 6.01 Å². The fourth-order valence-electron chi connectivity index (χ4n) is 2.12. The van der Waals surface area contributed by atoms with E-state index in [-0.39, 0.29) is 29.7 Å². The number of ether oxygens (including phenoxy) is 1. The normalized spacial score (nSPS) is 20.5. The Morgan fingerprint density at radius 3 is 2.57 bits per heavy atom. The maximum Gasteiger partial charge on any atom is 0.323 e. The van der Waals surface area contributed by atoms with Crippen molar-refractivity contribution in [3.05, 3.63) is 0 Å². The molecule has 9 heteroatoms. The van der Waals surface area contributed by atoms with E-state index in [0.29, 0.717) is 18.3 Å². The smallest absolute Gasteiger partial charge is 0.323 e. The second-order valence-corrected chi connectivity index (χ2v) is 7.55. The van der Waals surface area contributed by atoms with Gasteiger partial charge in [-0.3, -0.25) is 0 Å². The van der Waals surface area contributed by atoms with Gasteiger partial charge < -0.3 is 15.0 Å². The van der Waals surface area contributed by atoms with Crippen molar-refractivity contribution < 1.29 is 13.2 Å². The second-order valence-electron chi connectivity index (χ2n) is 5.33. The molecule has 0 saturated carbocycles. The molecule has 1 aliphatic heterocycles. The van der Waals surface area contributed by atoms with Gasteiger partial charge in [0.1, 0.15) is 0 Å². The van der Waals surface area contributed by atoms with Crippen molar-refractivity contribution in [3.63, 3.8) is 0 Å². The summed E-state index contributed by atoms with van der Waals surface area (Å²) in [6.45, 7) is 3.77. The molecule has 1 fully saturated rings. The van der Waals surface area contributed by atoms with Crippen LogP contribution < -0.4 is 15.0 Å². The number of sulfone groups is 1. The van der Waals surface area contributed by atoms with E-state index in [2.05, 4.69) is 20.3 Å². The van der Waals surface area contributed by atoms with Gasteiger partial charge in [-0.15, -0.1) is 0 Å². The first-order valence-electron chi connectivity index (χ1n) is 6.84. The highest BCUT2D eigenvalue weighted by molar-refractivity contribution is 7.91. The molecule has 21 heavy (non-hydrogen) atoms. The second kappa shape index (κ2) is 6.00. The van der Waals surface area contributed by atoms with E-state index >= 15 is 0 Å². The first-order chi connectivity index (χ1) is 9.80. The van der Waals surface area contributed by atoms with Crippen molar-refractivity contribution in [2.45, 2.75) is 32.4 Å². The Kier molecular flexibility index (Phi) is 4.50. The molecule has 0 aromatic carbocycles. The summed E-state index contributed by atoms with van der Waals surface area (Å²) in [5.41, 5.74) is 0. The van der Waals surface area contributed by atoms with Crippen molar-refractivity contribution >= 4 is 21.7 Å². The van der Waals surface area contributed by atoms with Crippen LogP contribution in [-0.2, 0) is 9.84 Å². The van der Waals surface area contributed by atoms with Gasteiger partial charge in [0, 0.05) is 20.1 Å². The Bertz CT molecular complexity index is 605. The molecule has 0 aliphatic carbocycles. The highest BCUT2D eigenvalue weighted by Crippen LogP contribution is 2.22. The number of nitrogens with one attached hydrogen (secondary N) is 1. The Labute approximate surface area is 124 Å². The quantitative estimate of drug-likeness (QED) is 0.830. The van der Waals surface area contributed by atoms with Crippen LogP contribution in [0.15, 0.2) is 0 Å². The summed E-state index contributed by atoms with van der Waals surface area (Å²) in [7, 11) is 0.545. The summed E-state index contributed by atoms with van der Waals surface area (Å²) < 4.78 is 28.7. The van der Waals surface area contributed by atoms with Gasteiger partial charge in [-0.25, -0.2) is 8.42 Å². The topological polar surface area (TPSA) is 97.3 Å². The summed E-state index contributed by atoms with van der Waals surface area (Å²) in [6, 6.07) is 0.112. The van der Waals surface area contributed by atoms with E-state index in [1.807, 2.05) is 13.8 Å². The van der Waals surface area contributed by atoms with Gasteiger partial charge in [0.15, 0.2) is 9.84 Å². The monoisotopic (exact) mass is 315 g/mol. The van der Waals surface area contributed by atoms with Crippen LogP contribution in [0.3, 0.4) is 0 Å². The van der Waals surface area contributed by atoms with Crippen LogP contribution in [0.1, 0.15) is 20.3 Å². The van der Waals surface area contributed by atoms with Crippen LogP contribution in [0.2, 0.25) is 0 Å². The highest BCUT2D eigenvalue weighted by Gasteiger charge is 2.32. The molecular weight excluding hydrogens is 294 g/mol. The maximum absolute atomic E-state index is 11.6. The maximum atomic E-state index is 11.6. The van der Waals surface area contributed by atoms with Crippen LogP contribution in [-0.4, -0.2) is 61.1 Å². The molecule has 0 spiro atoms. The third-order valence-electron chi connectivity index (χ3n) is 3.24. The molecule has 0 amide bonds. The highest BCUT2D eigenvalue weighted by atomic mass is 32.2. The van der Waals surface area contributed by atoms with E-state index in [4.69, 9.17) is 4.74 Å². The van der Waals surface area contributed by atoms with Crippen molar-refractivity contribution in [1.82, 2.24) is 15.0 Å². The molecule has 0 radical (unpaired) electrons. The lowest BCUT2D eigenvalue weighted by atomic mass is 10.2. The lowest BCUT2D eigenvalue weighted by molar-refractivity contribution is 0.222. The largest absolute Gasteiger partial charge is 0.461 e. The number of hydrogen-bond acceptors (Lipinski definition) is 8. The number of aromatic nitrogens is 3. The van der Waals surface area contributed by atoms with E-state index in [9.17, 15) is 8.42 Å². The summed E-state index contributed by atoms with van der Waals surface area (Å²) in [4.78, 5) is 14.4. The molecule has 118 valence electrons. The lowest BCUT2D eigenvalue weighted by Gasteiger charge is -2.23. The number of hydrogen-bond donors (Lipinski definition) is 1. The molecule has 2 rings (SSSR count). The van der Waals surface area contributed by atoms with Crippen molar-refractivity contribution in [1.29, 1.82) is 0 Å². The molecule has 0 bridgehead atoms. The van der Waals surface area contributed by atoms with Crippen LogP contribution >= 0.6 is 0 Å². The summed E-state index contributed by atoms with van der Waals surface area (Å²) in [5.74, 6) is 1.14. The minimum atomic E-state index is -2.95. The molecule has 1 N–H and O–H groups in total.